The first-order valence-corrected chi connectivity index (χ1v) is 7.85. The van der Waals surface area contributed by atoms with Crippen molar-refractivity contribution >= 4 is 0 Å². The van der Waals surface area contributed by atoms with Crippen LogP contribution < -0.4 is 5.32 Å². The van der Waals surface area contributed by atoms with Crippen LogP contribution in [0.2, 0.25) is 0 Å². The average Bonchev–Trinajstić information content (AvgIpc) is 2.32. The summed E-state index contributed by atoms with van der Waals surface area (Å²) in [6.07, 6.45) is 3.63. The summed E-state index contributed by atoms with van der Waals surface area (Å²) in [5.74, 6) is 0. The van der Waals surface area contributed by atoms with Crippen molar-refractivity contribution in [2.24, 2.45) is 0 Å². The highest BCUT2D eigenvalue weighted by molar-refractivity contribution is 4.77. The Kier molecular flexibility index (Phi) is 9.67. The van der Waals surface area contributed by atoms with Gasteiger partial charge in [0, 0.05) is 31.3 Å². The predicted octanol–water partition coefficient (Wildman–Crippen LogP) is 3.29. The Hall–Kier alpha value is -0.120. The molecule has 0 saturated heterocycles. The van der Waals surface area contributed by atoms with Crippen LogP contribution in [0.4, 0.5) is 0 Å². The Bertz CT molecular complexity index is 209. The number of nitrogens with zero attached hydrogens (tertiary/aromatic N) is 1. The summed E-state index contributed by atoms with van der Waals surface area (Å²) in [5, 5.41) is 3.58. The van der Waals surface area contributed by atoms with Gasteiger partial charge in [0.1, 0.15) is 0 Å². The smallest absolute Gasteiger partial charge is 0.0589 e. The van der Waals surface area contributed by atoms with Gasteiger partial charge in [-0.3, -0.25) is 4.90 Å². The maximum absolute atomic E-state index is 5.26. The van der Waals surface area contributed by atoms with Crippen LogP contribution >= 0.6 is 0 Å². The monoisotopic (exact) mass is 272 g/mol. The molecule has 0 saturated carbocycles. The molecule has 0 amide bonds. The summed E-state index contributed by atoms with van der Waals surface area (Å²) in [5.41, 5.74) is 0.214. The van der Waals surface area contributed by atoms with E-state index < -0.39 is 0 Å². The first-order chi connectivity index (χ1) is 8.85. The highest BCUT2D eigenvalue weighted by Crippen LogP contribution is 2.14. The molecule has 0 bridgehead atoms. The summed E-state index contributed by atoms with van der Waals surface area (Å²) < 4.78 is 5.26. The standard InChI is InChI=1S/C16H36N2O/c1-8-15(9-2)18(12-13-19-7)14(3)10-11-17-16(4,5)6/h14-15,17H,8-13H2,1-7H3. The first-order valence-electron chi connectivity index (χ1n) is 7.85. The molecule has 0 heterocycles. The molecule has 3 heteroatoms. The largest absolute Gasteiger partial charge is 0.383 e. The third-order valence-electron chi connectivity index (χ3n) is 3.75. The van der Waals surface area contributed by atoms with Crippen molar-refractivity contribution in [3.05, 3.63) is 0 Å². The van der Waals surface area contributed by atoms with Gasteiger partial charge in [0.25, 0.3) is 0 Å². The van der Waals surface area contributed by atoms with E-state index in [4.69, 9.17) is 4.74 Å². The van der Waals surface area contributed by atoms with Crippen molar-refractivity contribution in [3.8, 4) is 0 Å². The van der Waals surface area contributed by atoms with Gasteiger partial charge < -0.3 is 10.1 Å². The number of ether oxygens (including phenoxy) is 1. The van der Waals surface area contributed by atoms with E-state index in [9.17, 15) is 0 Å². The van der Waals surface area contributed by atoms with Gasteiger partial charge in [0.2, 0.25) is 0 Å². The number of hydrogen-bond acceptors (Lipinski definition) is 3. The first kappa shape index (κ1) is 18.9. The Morgan fingerprint density at radius 2 is 1.74 bits per heavy atom. The van der Waals surface area contributed by atoms with Crippen LogP contribution in [0.25, 0.3) is 0 Å². The Morgan fingerprint density at radius 3 is 2.16 bits per heavy atom. The van der Waals surface area contributed by atoms with E-state index in [1.54, 1.807) is 7.11 Å². The highest BCUT2D eigenvalue weighted by atomic mass is 16.5. The third kappa shape index (κ3) is 8.61. The Labute approximate surface area is 121 Å². The van der Waals surface area contributed by atoms with Gasteiger partial charge >= 0.3 is 0 Å². The zero-order chi connectivity index (χ0) is 14.9. The average molecular weight is 272 g/mol. The van der Waals surface area contributed by atoms with Crippen LogP contribution in [0.15, 0.2) is 0 Å². The molecule has 0 aliphatic carbocycles. The number of methoxy groups -OCH3 is 1. The van der Waals surface area contributed by atoms with Crippen LogP contribution in [0, 0.1) is 0 Å². The van der Waals surface area contributed by atoms with Gasteiger partial charge in [-0.15, -0.1) is 0 Å². The fourth-order valence-corrected chi connectivity index (χ4v) is 2.54. The minimum absolute atomic E-state index is 0.214. The molecule has 0 rings (SSSR count). The van der Waals surface area contributed by atoms with E-state index in [-0.39, 0.29) is 5.54 Å². The lowest BCUT2D eigenvalue weighted by Crippen LogP contribution is -2.45. The van der Waals surface area contributed by atoms with Crippen molar-refractivity contribution in [3.63, 3.8) is 0 Å². The second-order valence-corrected chi connectivity index (χ2v) is 6.52. The van der Waals surface area contributed by atoms with Gasteiger partial charge in [0.05, 0.1) is 6.61 Å². The summed E-state index contributed by atoms with van der Waals surface area (Å²) in [7, 11) is 1.79. The molecule has 0 aliphatic heterocycles. The zero-order valence-electron chi connectivity index (χ0n) is 14.3. The van der Waals surface area contributed by atoms with Gasteiger partial charge in [0.15, 0.2) is 0 Å². The summed E-state index contributed by atoms with van der Waals surface area (Å²) >= 11 is 0. The lowest BCUT2D eigenvalue weighted by Gasteiger charge is -2.36. The van der Waals surface area contributed by atoms with E-state index in [1.807, 2.05) is 0 Å². The fourth-order valence-electron chi connectivity index (χ4n) is 2.54. The van der Waals surface area contributed by atoms with Crippen LogP contribution in [-0.2, 0) is 4.74 Å². The quantitative estimate of drug-likeness (QED) is 0.660. The molecule has 0 aromatic heterocycles. The molecular formula is C16H36N2O. The highest BCUT2D eigenvalue weighted by Gasteiger charge is 2.21. The summed E-state index contributed by atoms with van der Waals surface area (Å²) in [6, 6.07) is 1.29. The van der Waals surface area contributed by atoms with Crippen LogP contribution in [0.5, 0.6) is 0 Å². The maximum atomic E-state index is 5.26. The van der Waals surface area contributed by atoms with Crippen LogP contribution in [-0.4, -0.2) is 49.3 Å². The lowest BCUT2D eigenvalue weighted by molar-refractivity contribution is 0.0816. The van der Waals surface area contributed by atoms with Gasteiger partial charge in [-0.25, -0.2) is 0 Å². The van der Waals surface area contributed by atoms with Crippen molar-refractivity contribution in [2.45, 2.75) is 78.4 Å². The molecule has 0 radical (unpaired) electrons. The van der Waals surface area contributed by atoms with Crippen molar-refractivity contribution in [2.75, 3.05) is 26.8 Å². The molecule has 0 aliphatic rings. The minimum atomic E-state index is 0.214. The maximum Gasteiger partial charge on any atom is 0.0589 e. The molecular weight excluding hydrogens is 236 g/mol. The van der Waals surface area contributed by atoms with E-state index in [2.05, 4.69) is 51.8 Å². The number of rotatable bonds is 10. The number of hydrogen-bond donors (Lipinski definition) is 1. The molecule has 0 fully saturated rings. The number of nitrogens with one attached hydrogen (secondary N) is 1. The third-order valence-corrected chi connectivity index (χ3v) is 3.75. The van der Waals surface area contributed by atoms with Crippen LogP contribution in [0.1, 0.15) is 60.8 Å². The van der Waals surface area contributed by atoms with Crippen molar-refractivity contribution in [1.29, 1.82) is 0 Å². The van der Waals surface area contributed by atoms with E-state index in [1.165, 1.54) is 19.3 Å². The van der Waals surface area contributed by atoms with E-state index in [0.717, 1.165) is 19.7 Å². The molecule has 19 heavy (non-hydrogen) atoms. The second-order valence-electron chi connectivity index (χ2n) is 6.52. The summed E-state index contributed by atoms with van der Waals surface area (Å²) in [4.78, 5) is 2.62. The molecule has 1 unspecified atom stereocenters. The molecule has 0 aromatic carbocycles. The predicted molar refractivity (Wildman–Crippen MR) is 84.8 cm³/mol. The molecule has 116 valence electrons. The molecule has 1 atom stereocenters. The lowest BCUT2D eigenvalue weighted by atomic mass is 10.0. The topological polar surface area (TPSA) is 24.5 Å². The van der Waals surface area contributed by atoms with E-state index >= 15 is 0 Å². The van der Waals surface area contributed by atoms with Crippen LogP contribution in [0.3, 0.4) is 0 Å². The second kappa shape index (κ2) is 9.73. The molecule has 0 aromatic rings. The van der Waals surface area contributed by atoms with Gasteiger partial charge in [-0.1, -0.05) is 13.8 Å². The van der Waals surface area contributed by atoms with Gasteiger partial charge in [-0.05, 0) is 53.5 Å². The van der Waals surface area contributed by atoms with Gasteiger partial charge in [-0.2, -0.15) is 0 Å². The zero-order valence-corrected chi connectivity index (χ0v) is 14.3. The summed E-state index contributed by atoms with van der Waals surface area (Å²) in [6.45, 7) is 16.5. The molecule has 1 N–H and O–H groups in total. The van der Waals surface area contributed by atoms with Crippen molar-refractivity contribution < 1.29 is 4.74 Å². The molecule has 0 spiro atoms. The normalized spacial score (nSPS) is 14.4. The Balaban J connectivity index is 4.32. The van der Waals surface area contributed by atoms with E-state index in [0.29, 0.717) is 12.1 Å². The minimum Gasteiger partial charge on any atom is -0.383 e. The molecule has 3 nitrogen and oxygen atoms in total. The Morgan fingerprint density at radius 1 is 1.16 bits per heavy atom. The SMILES string of the molecule is CCC(CC)N(CCOC)C(C)CCNC(C)(C)C. The fraction of sp³-hybridized carbons (Fsp3) is 1.00. The van der Waals surface area contributed by atoms with Crippen molar-refractivity contribution in [1.82, 2.24) is 10.2 Å².